The van der Waals surface area contributed by atoms with E-state index in [4.69, 9.17) is 14.5 Å². The van der Waals surface area contributed by atoms with Crippen molar-refractivity contribution in [3.05, 3.63) is 41.1 Å². The third kappa shape index (κ3) is 3.55. The summed E-state index contributed by atoms with van der Waals surface area (Å²) in [5.74, 6) is 2.46. The van der Waals surface area contributed by atoms with Gasteiger partial charge in [0, 0.05) is 25.0 Å². The summed E-state index contributed by atoms with van der Waals surface area (Å²) in [6.45, 7) is 9.79. The van der Waals surface area contributed by atoms with Gasteiger partial charge >= 0.3 is 0 Å². The normalized spacial score (nSPS) is 22.1. The van der Waals surface area contributed by atoms with Gasteiger partial charge in [-0.2, -0.15) is 0 Å². The van der Waals surface area contributed by atoms with Crippen LogP contribution in [0, 0.1) is 6.92 Å². The molecule has 1 aromatic heterocycles. The molecule has 2 aromatic rings. The molecule has 1 atom stereocenters. The van der Waals surface area contributed by atoms with Crippen molar-refractivity contribution in [2.45, 2.75) is 38.7 Å². The molecule has 0 bridgehead atoms. The number of hydrogen-bond donors (Lipinski definition) is 2. The molecule has 2 saturated heterocycles. The number of benzene rings is 1. The smallest absolute Gasteiger partial charge is 0.146 e. The molecule has 4 heterocycles. The van der Waals surface area contributed by atoms with E-state index in [1.165, 1.54) is 29.7 Å². The van der Waals surface area contributed by atoms with Gasteiger partial charge in [-0.15, -0.1) is 0 Å². The summed E-state index contributed by atoms with van der Waals surface area (Å²) in [5.41, 5.74) is 5.96. The maximum Gasteiger partial charge on any atom is 0.146 e. The summed E-state index contributed by atoms with van der Waals surface area (Å²) in [6, 6.07) is 6.70. The number of nitrogens with one attached hydrogen (secondary N) is 2. The number of ether oxygens (including phenoxy) is 2. The van der Waals surface area contributed by atoms with Crippen LogP contribution in [0.1, 0.15) is 48.5 Å². The highest BCUT2D eigenvalue weighted by Crippen LogP contribution is 2.45. The summed E-state index contributed by atoms with van der Waals surface area (Å²) in [6.07, 6.45) is 4.20. The molecule has 0 aliphatic carbocycles. The second kappa shape index (κ2) is 7.84. The van der Waals surface area contributed by atoms with Crippen LogP contribution >= 0.6 is 0 Å². The molecule has 5 rings (SSSR count). The summed E-state index contributed by atoms with van der Waals surface area (Å²) >= 11 is 0. The number of pyridine rings is 1. The Morgan fingerprint density at radius 3 is 2.72 bits per heavy atom. The van der Waals surface area contributed by atoms with Gasteiger partial charge in [-0.25, -0.2) is 4.98 Å². The van der Waals surface area contributed by atoms with Crippen LogP contribution in [0.4, 0.5) is 17.2 Å². The molecule has 1 unspecified atom stereocenters. The highest BCUT2D eigenvalue weighted by atomic mass is 16.5. The van der Waals surface area contributed by atoms with Crippen molar-refractivity contribution in [3.63, 3.8) is 0 Å². The number of aromatic nitrogens is 1. The Labute approximate surface area is 172 Å². The van der Waals surface area contributed by atoms with Crippen molar-refractivity contribution in [2.75, 3.05) is 49.6 Å². The van der Waals surface area contributed by atoms with Crippen LogP contribution in [-0.4, -0.2) is 44.4 Å². The Kier molecular flexibility index (Phi) is 5.06. The summed E-state index contributed by atoms with van der Waals surface area (Å²) in [5, 5.41) is 7.09. The molecule has 29 heavy (non-hydrogen) atoms. The van der Waals surface area contributed by atoms with Crippen LogP contribution in [0.25, 0.3) is 0 Å². The second-order valence-electron chi connectivity index (χ2n) is 8.32. The lowest BCUT2D eigenvalue weighted by molar-refractivity contribution is 0.122. The van der Waals surface area contributed by atoms with Gasteiger partial charge in [0.1, 0.15) is 17.7 Å². The molecule has 6 nitrogen and oxygen atoms in total. The van der Waals surface area contributed by atoms with Crippen molar-refractivity contribution in [1.29, 1.82) is 0 Å². The van der Waals surface area contributed by atoms with E-state index in [9.17, 15) is 0 Å². The van der Waals surface area contributed by atoms with Gasteiger partial charge in [0.05, 0.1) is 24.5 Å². The number of nitrogens with zero attached hydrogens (tertiary/aromatic N) is 2. The van der Waals surface area contributed by atoms with E-state index in [0.717, 1.165) is 62.2 Å². The average Bonchev–Trinajstić information content (AvgIpc) is 2.91. The van der Waals surface area contributed by atoms with E-state index in [1.807, 2.05) is 6.20 Å². The molecule has 0 spiro atoms. The monoisotopic (exact) mass is 394 g/mol. The van der Waals surface area contributed by atoms with Gasteiger partial charge in [0.25, 0.3) is 0 Å². The predicted molar refractivity (Wildman–Crippen MR) is 116 cm³/mol. The number of piperidine rings is 1. The Morgan fingerprint density at radius 2 is 1.93 bits per heavy atom. The summed E-state index contributed by atoms with van der Waals surface area (Å²) in [4.78, 5) is 7.08. The predicted octanol–water partition coefficient (Wildman–Crippen LogP) is 3.89. The van der Waals surface area contributed by atoms with Crippen molar-refractivity contribution in [3.8, 4) is 5.75 Å². The maximum absolute atomic E-state index is 6.52. The number of morpholine rings is 1. The zero-order valence-electron chi connectivity index (χ0n) is 17.3. The first kappa shape index (κ1) is 18.7. The molecule has 0 amide bonds. The lowest BCUT2D eigenvalue weighted by atomic mass is 9.89. The van der Waals surface area contributed by atoms with E-state index < -0.39 is 0 Å². The molecule has 3 aliphatic rings. The summed E-state index contributed by atoms with van der Waals surface area (Å²) < 4.78 is 12.1. The van der Waals surface area contributed by atoms with Crippen molar-refractivity contribution < 1.29 is 9.47 Å². The van der Waals surface area contributed by atoms with Gasteiger partial charge in [-0.05, 0) is 69.0 Å². The third-order valence-electron chi connectivity index (χ3n) is 6.38. The molecule has 154 valence electrons. The SMILES string of the molecule is Cc1cc(C2CCNCC2)cc2c1OC(C)c1c(N3CCOCC3)ccnc1N2. The van der Waals surface area contributed by atoms with Crippen LogP contribution in [-0.2, 0) is 4.74 Å². The van der Waals surface area contributed by atoms with Crippen molar-refractivity contribution >= 4 is 17.2 Å². The van der Waals surface area contributed by atoms with Crippen LogP contribution < -0.4 is 20.3 Å². The summed E-state index contributed by atoms with van der Waals surface area (Å²) in [7, 11) is 0. The molecule has 1 aromatic carbocycles. The van der Waals surface area contributed by atoms with Crippen molar-refractivity contribution in [1.82, 2.24) is 10.3 Å². The lowest BCUT2D eigenvalue weighted by Crippen LogP contribution is -2.37. The molecular weight excluding hydrogens is 364 g/mol. The fraction of sp³-hybridized carbons (Fsp3) is 0.522. The fourth-order valence-corrected chi connectivity index (χ4v) is 4.85. The Hall–Kier alpha value is -2.31. The first-order valence-electron chi connectivity index (χ1n) is 10.8. The zero-order chi connectivity index (χ0) is 19.8. The van der Waals surface area contributed by atoms with Crippen LogP contribution in [0.5, 0.6) is 5.75 Å². The molecule has 6 heteroatoms. The van der Waals surface area contributed by atoms with Gasteiger partial charge in [0.2, 0.25) is 0 Å². The van der Waals surface area contributed by atoms with Gasteiger partial charge in [0.15, 0.2) is 0 Å². The first-order chi connectivity index (χ1) is 14.2. The number of aryl methyl sites for hydroxylation is 1. The Bertz CT molecular complexity index is 889. The van der Waals surface area contributed by atoms with Crippen molar-refractivity contribution in [2.24, 2.45) is 0 Å². The average molecular weight is 395 g/mol. The Balaban J connectivity index is 1.53. The van der Waals surface area contributed by atoms with E-state index in [1.54, 1.807) is 0 Å². The van der Waals surface area contributed by atoms with E-state index in [0.29, 0.717) is 5.92 Å². The fourth-order valence-electron chi connectivity index (χ4n) is 4.85. The van der Waals surface area contributed by atoms with E-state index >= 15 is 0 Å². The molecule has 0 radical (unpaired) electrons. The molecule has 2 fully saturated rings. The standard InChI is InChI=1S/C23H30N4O2/c1-15-13-18(17-3-6-24-7-4-17)14-19-22(15)29-16(2)21-20(5-8-25-23(21)26-19)27-9-11-28-12-10-27/h5,8,13-14,16-17,24H,3-4,6-7,9-12H2,1-2H3,(H,25,26). The molecule has 0 saturated carbocycles. The Morgan fingerprint density at radius 1 is 1.14 bits per heavy atom. The van der Waals surface area contributed by atoms with Gasteiger partial charge in [-0.3, -0.25) is 0 Å². The van der Waals surface area contributed by atoms with Gasteiger partial charge in [-0.1, -0.05) is 6.07 Å². The van der Waals surface area contributed by atoms with E-state index in [-0.39, 0.29) is 6.10 Å². The number of anilines is 3. The van der Waals surface area contributed by atoms with Crippen LogP contribution in [0.15, 0.2) is 24.4 Å². The number of rotatable bonds is 2. The lowest BCUT2D eigenvalue weighted by Gasteiger charge is -2.31. The minimum absolute atomic E-state index is 0.0753. The topological polar surface area (TPSA) is 58.7 Å². The quantitative estimate of drug-likeness (QED) is 0.806. The first-order valence-corrected chi connectivity index (χ1v) is 10.8. The minimum Gasteiger partial charge on any atom is -0.483 e. The number of fused-ring (bicyclic) bond motifs is 2. The second-order valence-corrected chi connectivity index (χ2v) is 8.32. The highest BCUT2D eigenvalue weighted by Gasteiger charge is 2.28. The largest absolute Gasteiger partial charge is 0.483 e. The molecule has 3 aliphatic heterocycles. The number of hydrogen-bond acceptors (Lipinski definition) is 6. The highest BCUT2D eigenvalue weighted by molar-refractivity contribution is 5.75. The minimum atomic E-state index is -0.0753. The van der Waals surface area contributed by atoms with Crippen LogP contribution in [0.3, 0.4) is 0 Å². The molecular formula is C23H30N4O2. The van der Waals surface area contributed by atoms with Crippen LogP contribution in [0.2, 0.25) is 0 Å². The van der Waals surface area contributed by atoms with E-state index in [2.05, 4.69) is 47.6 Å². The van der Waals surface area contributed by atoms with Gasteiger partial charge < -0.3 is 25.0 Å². The maximum atomic E-state index is 6.52. The molecule has 2 N–H and O–H groups in total. The third-order valence-corrected chi connectivity index (χ3v) is 6.38. The zero-order valence-corrected chi connectivity index (χ0v) is 17.3.